The zero-order chi connectivity index (χ0) is 16.1. The number of carbonyl (C=O) groups excluding carboxylic acids is 1. The number of aliphatic imine (C=N–C) groups is 1. The van der Waals surface area contributed by atoms with Gasteiger partial charge in [-0.25, -0.2) is 0 Å². The fraction of sp³-hybridized carbons (Fsp3) is 0.882. The lowest BCUT2D eigenvalue weighted by atomic mass is 9.85. The van der Waals surface area contributed by atoms with Gasteiger partial charge in [0, 0.05) is 51.2 Å². The average molecular weight is 322 g/mol. The van der Waals surface area contributed by atoms with Crippen molar-refractivity contribution in [2.75, 3.05) is 46.4 Å². The van der Waals surface area contributed by atoms with Crippen LogP contribution < -0.4 is 10.6 Å². The third-order valence-corrected chi connectivity index (χ3v) is 5.55. The number of nitrogens with zero attached hydrogens (tertiary/aromatic N) is 2. The van der Waals surface area contributed by atoms with Crippen LogP contribution in [0.1, 0.15) is 38.5 Å². The standard InChI is InChI=1S/C17H30N4O2/c1-18-16(21-10-6-17(12-21)7-11-23-13-17)20-9-3-8-19-15(22)14-4-2-5-14/h14H,2-13H2,1H3,(H,18,20)(H,19,22). The van der Waals surface area contributed by atoms with Gasteiger partial charge < -0.3 is 20.3 Å². The highest BCUT2D eigenvalue weighted by atomic mass is 16.5. The third-order valence-electron chi connectivity index (χ3n) is 5.55. The summed E-state index contributed by atoms with van der Waals surface area (Å²) in [6.07, 6.45) is 6.64. The maximum absolute atomic E-state index is 11.8. The van der Waals surface area contributed by atoms with Crippen molar-refractivity contribution in [1.82, 2.24) is 15.5 Å². The van der Waals surface area contributed by atoms with E-state index in [4.69, 9.17) is 4.74 Å². The quantitative estimate of drug-likeness (QED) is 0.450. The predicted molar refractivity (Wildman–Crippen MR) is 90.4 cm³/mol. The molecule has 6 heteroatoms. The first-order valence-corrected chi connectivity index (χ1v) is 9.03. The fourth-order valence-electron chi connectivity index (χ4n) is 3.73. The maximum Gasteiger partial charge on any atom is 0.223 e. The Kier molecular flexibility index (Phi) is 5.41. The SMILES string of the molecule is CN=C(NCCCNC(=O)C1CCC1)N1CCC2(CCOC2)C1. The summed E-state index contributed by atoms with van der Waals surface area (Å²) in [6, 6.07) is 0. The van der Waals surface area contributed by atoms with Gasteiger partial charge in [-0.05, 0) is 32.1 Å². The largest absolute Gasteiger partial charge is 0.381 e. The normalized spacial score (nSPS) is 28.2. The topological polar surface area (TPSA) is 66.0 Å². The summed E-state index contributed by atoms with van der Waals surface area (Å²) in [5, 5.41) is 6.47. The van der Waals surface area contributed by atoms with Gasteiger partial charge in [0.2, 0.25) is 5.91 Å². The second kappa shape index (κ2) is 7.51. The Morgan fingerprint density at radius 1 is 1.30 bits per heavy atom. The number of amides is 1. The van der Waals surface area contributed by atoms with Crippen LogP contribution in [0.5, 0.6) is 0 Å². The van der Waals surface area contributed by atoms with Gasteiger partial charge in [0.25, 0.3) is 0 Å². The lowest BCUT2D eigenvalue weighted by Gasteiger charge is -2.25. The Hall–Kier alpha value is -1.30. The number of hydrogen-bond acceptors (Lipinski definition) is 3. The van der Waals surface area contributed by atoms with Gasteiger partial charge in [-0.2, -0.15) is 0 Å². The van der Waals surface area contributed by atoms with E-state index < -0.39 is 0 Å². The molecule has 1 saturated carbocycles. The number of carbonyl (C=O) groups is 1. The van der Waals surface area contributed by atoms with E-state index in [-0.39, 0.29) is 11.8 Å². The summed E-state index contributed by atoms with van der Waals surface area (Å²) < 4.78 is 5.59. The summed E-state index contributed by atoms with van der Waals surface area (Å²) in [5.74, 6) is 1.51. The molecule has 2 saturated heterocycles. The number of nitrogens with one attached hydrogen (secondary N) is 2. The molecule has 3 fully saturated rings. The molecule has 130 valence electrons. The van der Waals surface area contributed by atoms with Crippen LogP contribution in [0, 0.1) is 11.3 Å². The number of ether oxygens (including phenoxy) is 1. The van der Waals surface area contributed by atoms with Gasteiger partial charge in [-0.15, -0.1) is 0 Å². The van der Waals surface area contributed by atoms with E-state index in [0.717, 1.165) is 64.6 Å². The van der Waals surface area contributed by atoms with Gasteiger partial charge >= 0.3 is 0 Å². The first-order chi connectivity index (χ1) is 11.2. The number of rotatable bonds is 5. The zero-order valence-corrected chi connectivity index (χ0v) is 14.3. The minimum absolute atomic E-state index is 0.239. The van der Waals surface area contributed by atoms with Gasteiger partial charge in [-0.3, -0.25) is 9.79 Å². The highest BCUT2D eigenvalue weighted by Crippen LogP contribution is 2.38. The summed E-state index contributed by atoms with van der Waals surface area (Å²) >= 11 is 0. The van der Waals surface area contributed by atoms with Crippen LogP contribution in [-0.2, 0) is 9.53 Å². The molecule has 3 rings (SSSR count). The minimum atomic E-state index is 0.239. The highest BCUT2D eigenvalue weighted by Gasteiger charge is 2.42. The zero-order valence-electron chi connectivity index (χ0n) is 14.3. The van der Waals surface area contributed by atoms with Gasteiger partial charge in [-0.1, -0.05) is 6.42 Å². The van der Waals surface area contributed by atoms with E-state index in [2.05, 4.69) is 20.5 Å². The van der Waals surface area contributed by atoms with Crippen molar-refractivity contribution in [3.05, 3.63) is 0 Å². The summed E-state index contributed by atoms with van der Waals surface area (Å²) in [4.78, 5) is 18.5. The molecule has 1 aliphatic carbocycles. The second-order valence-electron chi connectivity index (χ2n) is 7.22. The van der Waals surface area contributed by atoms with Crippen molar-refractivity contribution < 1.29 is 9.53 Å². The van der Waals surface area contributed by atoms with Crippen LogP contribution in [0.4, 0.5) is 0 Å². The predicted octanol–water partition coefficient (Wildman–Crippen LogP) is 0.981. The van der Waals surface area contributed by atoms with E-state index >= 15 is 0 Å². The van der Waals surface area contributed by atoms with Crippen molar-refractivity contribution >= 4 is 11.9 Å². The van der Waals surface area contributed by atoms with Gasteiger partial charge in [0.05, 0.1) is 6.61 Å². The molecule has 1 unspecified atom stereocenters. The molecule has 2 N–H and O–H groups in total. The Labute approximate surface area is 139 Å². The van der Waals surface area contributed by atoms with E-state index in [1.54, 1.807) is 0 Å². The molecule has 0 radical (unpaired) electrons. The van der Waals surface area contributed by atoms with Gasteiger partial charge in [0.15, 0.2) is 5.96 Å². The Morgan fingerprint density at radius 2 is 2.13 bits per heavy atom. The maximum atomic E-state index is 11.8. The fourth-order valence-corrected chi connectivity index (χ4v) is 3.73. The van der Waals surface area contributed by atoms with Crippen LogP contribution in [0.3, 0.4) is 0 Å². The summed E-state index contributed by atoms with van der Waals surface area (Å²) in [7, 11) is 1.84. The molecule has 6 nitrogen and oxygen atoms in total. The third kappa shape index (κ3) is 3.97. The van der Waals surface area contributed by atoms with Crippen molar-refractivity contribution in [2.45, 2.75) is 38.5 Å². The molecule has 1 spiro atoms. The molecule has 2 aliphatic heterocycles. The minimum Gasteiger partial charge on any atom is -0.381 e. The molecule has 3 aliphatic rings. The van der Waals surface area contributed by atoms with E-state index in [0.29, 0.717) is 5.41 Å². The van der Waals surface area contributed by atoms with Crippen molar-refractivity contribution in [2.24, 2.45) is 16.3 Å². The molecule has 0 bridgehead atoms. The van der Waals surface area contributed by atoms with Gasteiger partial charge in [0.1, 0.15) is 0 Å². The van der Waals surface area contributed by atoms with Crippen LogP contribution in [0.15, 0.2) is 4.99 Å². The highest BCUT2D eigenvalue weighted by molar-refractivity contribution is 5.80. The molecule has 1 amide bonds. The molecule has 0 aromatic heterocycles. The monoisotopic (exact) mass is 322 g/mol. The average Bonchev–Trinajstić information content (AvgIpc) is 3.12. The van der Waals surface area contributed by atoms with Crippen LogP contribution >= 0.6 is 0 Å². The van der Waals surface area contributed by atoms with E-state index in [1.807, 2.05) is 7.05 Å². The molecule has 0 aromatic carbocycles. The molecular formula is C17H30N4O2. The van der Waals surface area contributed by atoms with E-state index in [9.17, 15) is 4.79 Å². The van der Waals surface area contributed by atoms with E-state index in [1.165, 1.54) is 19.3 Å². The van der Waals surface area contributed by atoms with Crippen LogP contribution in [0.2, 0.25) is 0 Å². The first kappa shape index (κ1) is 16.6. The summed E-state index contributed by atoms with van der Waals surface area (Å²) in [6.45, 7) is 5.50. The van der Waals surface area contributed by atoms with Crippen LogP contribution in [0.25, 0.3) is 0 Å². The number of likely N-dealkylation sites (tertiary alicyclic amines) is 1. The smallest absolute Gasteiger partial charge is 0.223 e. The molecule has 23 heavy (non-hydrogen) atoms. The van der Waals surface area contributed by atoms with Crippen LogP contribution in [-0.4, -0.2) is 63.2 Å². The van der Waals surface area contributed by atoms with Crippen molar-refractivity contribution in [3.8, 4) is 0 Å². The Morgan fingerprint density at radius 3 is 2.78 bits per heavy atom. The molecule has 0 aromatic rings. The lowest BCUT2D eigenvalue weighted by molar-refractivity contribution is -0.127. The Bertz CT molecular complexity index is 442. The molecule has 2 heterocycles. The second-order valence-corrected chi connectivity index (χ2v) is 7.22. The summed E-state index contributed by atoms with van der Waals surface area (Å²) in [5.41, 5.74) is 0.356. The molecule has 1 atom stereocenters. The lowest BCUT2D eigenvalue weighted by Crippen LogP contribution is -2.42. The first-order valence-electron chi connectivity index (χ1n) is 9.03. The number of guanidine groups is 1. The van der Waals surface area contributed by atoms with Crippen molar-refractivity contribution in [1.29, 1.82) is 0 Å². The molecular weight excluding hydrogens is 292 g/mol. The Balaban J connectivity index is 1.33. The number of hydrogen-bond donors (Lipinski definition) is 2. The van der Waals surface area contributed by atoms with Crippen molar-refractivity contribution in [3.63, 3.8) is 0 Å².